The van der Waals surface area contributed by atoms with Gasteiger partial charge in [0.25, 0.3) is 0 Å². The topological polar surface area (TPSA) is 58.6 Å². The molecule has 0 bridgehead atoms. The molecule has 2 aromatic rings. The van der Waals surface area contributed by atoms with Crippen LogP contribution in [-0.4, -0.2) is 36.9 Å². The van der Waals surface area contributed by atoms with E-state index in [2.05, 4.69) is 5.32 Å². The molecule has 2 amide bonds. The molecule has 1 fully saturated rings. The number of nitrogens with one attached hydrogen (secondary N) is 1. The van der Waals surface area contributed by atoms with Gasteiger partial charge in [0.1, 0.15) is 5.75 Å². The van der Waals surface area contributed by atoms with Crippen molar-refractivity contribution in [3.05, 3.63) is 65.7 Å². The van der Waals surface area contributed by atoms with Gasteiger partial charge >= 0.3 is 0 Å². The molecular formula is C22H26N2O3. The number of nitrogens with zero attached hydrogens (tertiary/aromatic N) is 1. The third kappa shape index (κ3) is 4.67. The molecule has 2 aromatic carbocycles. The van der Waals surface area contributed by atoms with Gasteiger partial charge < -0.3 is 15.0 Å². The van der Waals surface area contributed by atoms with Gasteiger partial charge in [0, 0.05) is 19.5 Å². The van der Waals surface area contributed by atoms with Gasteiger partial charge in [-0.2, -0.15) is 0 Å². The molecule has 1 aliphatic rings. The Balaban J connectivity index is 1.49. The van der Waals surface area contributed by atoms with Crippen molar-refractivity contribution in [3.63, 3.8) is 0 Å². The number of ether oxygens (including phenoxy) is 1. The van der Waals surface area contributed by atoms with E-state index in [-0.39, 0.29) is 30.2 Å². The summed E-state index contributed by atoms with van der Waals surface area (Å²) in [5.41, 5.74) is 2.23. The lowest BCUT2D eigenvalue weighted by atomic mass is 10.1. The van der Waals surface area contributed by atoms with E-state index in [1.165, 1.54) is 0 Å². The molecule has 1 saturated heterocycles. The Hall–Kier alpha value is -2.82. The smallest absolute Gasteiger partial charge is 0.225 e. The van der Waals surface area contributed by atoms with Crippen LogP contribution < -0.4 is 10.1 Å². The molecule has 0 spiro atoms. The minimum Gasteiger partial charge on any atom is -0.497 e. The molecule has 2 atom stereocenters. The molecule has 3 rings (SSSR count). The van der Waals surface area contributed by atoms with E-state index in [9.17, 15) is 9.59 Å². The second kappa shape index (κ2) is 8.71. The summed E-state index contributed by atoms with van der Waals surface area (Å²) < 4.78 is 5.14. The molecule has 5 nitrogen and oxygen atoms in total. The third-order valence-corrected chi connectivity index (χ3v) is 5.15. The van der Waals surface area contributed by atoms with Crippen LogP contribution >= 0.6 is 0 Å². The molecule has 0 unspecified atom stereocenters. The van der Waals surface area contributed by atoms with Gasteiger partial charge in [0.05, 0.1) is 19.1 Å². The van der Waals surface area contributed by atoms with Crippen molar-refractivity contribution in [3.8, 4) is 5.75 Å². The maximum atomic E-state index is 12.5. The average molecular weight is 366 g/mol. The summed E-state index contributed by atoms with van der Waals surface area (Å²) in [5, 5.41) is 2.97. The third-order valence-electron chi connectivity index (χ3n) is 5.15. The van der Waals surface area contributed by atoms with E-state index in [1.807, 2.05) is 66.4 Å². The maximum absolute atomic E-state index is 12.5. The van der Waals surface area contributed by atoms with E-state index in [4.69, 9.17) is 4.74 Å². The monoisotopic (exact) mass is 366 g/mol. The second-order valence-electron chi connectivity index (χ2n) is 6.92. The van der Waals surface area contributed by atoms with Crippen molar-refractivity contribution in [2.45, 2.75) is 25.8 Å². The van der Waals surface area contributed by atoms with E-state index in [0.29, 0.717) is 13.1 Å². The number of carbonyl (C=O) groups is 2. The van der Waals surface area contributed by atoms with Crippen LogP contribution in [0.2, 0.25) is 0 Å². The molecule has 0 aliphatic carbocycles. The summed E-state index contributed by atoms with van der Waals surface area (Å²) in [7, 11) is 1.64. The van der Waals surface area contributed by atoms with Gasteiger partial charge in [0.2, 0.25) is 11.8 Å². The first-order chi connectivity index (χ1) is 13.1. The van der Waals surface area contributed by atoms with E-state index in [1.54, 1.807) is 7.11 Å². The molecule has 142 valence electrons. The number of hydrogen-bond acceptors (Lipinski definition) is 3. The summed E-state index contributed by atoms with van der Waals surface area (Å²) in [6, 6.07) is 17.7. The van der Waals surface area contributed by atoms with Crippen molar-refractivity contribution in [1.29, 1.82) is 0 Å². The largest absolute Gasteiger partial charge is 0.497 e. The van der Waals surface area contributed by atoms with Crippen molar-refractivity contribution < 1.29 is 14.3 Å². The fourth-order valence-corrected chi connectivity index (χ4v) is 3.46. The van der Waals surface area contributed by atoms with Crippen LogP contribution in [0.1, 0.15) is 30.5 Å². The van der Waals surface area contributed by atoms with Crippen molar-refractivity contribution in [1.82, 2.24) is 10.2 Å². The Bertz CT molecular complexity index is 774. The predicted octanol–water partition coefficient (Wildman–Crippen LogP) is 2.96. The normalized spacial score (nSPS) is 17.6. The first-order valence-corrected chi connectivity index (χ1v) is 9.33. The highest BCUT2D eigenvalue weighted by Gasteiger charge is 2.36. The van der Waals surface area contributed by atoms with E-state index < -0.39 is 0 Å². The fourth-order valence-electron chi connectivity index (χ4n) is 3.46. The van der Waals surface area contributed by atoms with Gasteiger partial charge in [-0.1, -0.05) is 42.5 Å². The van der Waals surface area contributed by atoms with Gasteiger partial charge in [-0.3, -0.25) is 9.59 Å². The number of benzene rings is 2. The number of hydrogen-bond donors (Lipinski definition) is 1. The molecule has 0 radical (unpaired) electrons. The first-order valence-electron chi connectivity index (χ1n) is 9.33. The van der Waals surface area contributed by atoms with Crippen LogP contribution in [0.25, 0.3) is 0 Å². The number of rotatable bonds is 7. The predicted molar refractivity (Wildman–Crippen MR) is 104 cm³/mol. The standard InChI is InChI=1S/C22H26N2O3/c1-16(18-6-4-3-5-7-18)24-15-19(14-21(24)25)22(26)23-13-12-17-8-10-20(27-2)11-9-17/h3-11,16,19H,12-15H2,1-2H3,(H,23,26)/t16-,19-/m1/s1. The van der Waals surface area contributed by atoms with E-state index >= 15 is 0 Å². The maximum Gasteiger partial charge on any atom is 0.225 e. The molecular weight excluding hydrogens is 340 g/mol. The first kappa shape index (κ1) is 19.0. The lowest BCUT2D eigenvalue weighted by Gasteiger charge is -2.25. The molecule has 1 N–H and O–H groups in total. The highest BCUT2D eigenvalue weighted by molar-refractivity contribution is 5.89. The van der Waals surface area contributed by atoms with Crippen LogP contribution in [0.4, 0.5) is 0 Å². The average Bonchev–Trinajstić information content (AvgIpc) is 3.10. The minimum atomic E-state index is -0.278. The molecule has 0 saturated carbocycles. The van der Waals surface area contributed by atoms with Crippen LogP contribution in [0.5, 0.6) is 5.75 Å². The number of amides is 2. The molecule has 27 heavy (non-hydrogen) atoms. The minimum absolute atomic E-state index is 0.0178. The van der Waals surface area contributed by atoms with Crippen molar-refractivity contribution in [2.75, 3.05) is 20.2 Å². The molecule has 1 heterocycles. The lowest BCUT2D eigenvalue weighted by molar-refractivity contribution is -0.130. The van der Waals surface area contributed by atoms with Gasteiger partial charge in [0.15, 0.2) is 0 Å². The summed E-state index contributed by atoms with van der Waals surface area (Å²) in [4.78, 5) is 26.7. The summed E-state index contributed by atoms with van der Waals surface area (Å²) in [6.45, 7) is 3.05. The Kier molecular flexibility index (Phi) is 6.12. The Labute approximate surface area is 160 Å². The zero-order valence-electron chi connectivity index (χ0n) is 15.9. The lowest BCUT2D eigenvalue weighted by Crippen LogP contribution is -2.34. The second-order valence-corrected chi connectivity index (χ2v) is 6.92. The van der Waals surface area contributed by atoms with Crippen LogP contribution in [0, 0.1) is 5.92 Å². The Morgan fingerprint density at radius 1 is 1.19 bits per heavy atom. The van der Waals surface area contributed by atoms with Crippen molar-refractivity contribution >= 4 is 11.8 Å². The van der Waals surface area contributed by atoms with Crippen LogP contribution in [-0.2, 0) is 16.0 Å². The van der Waals surface area contributed by atoms with E-state index in [0.717, 1.165) is 23.3 Å². The summed E-state index contributed by atoms with van der Waals surface area (Å²) >= 11 is 0. The number of carbonyl (C=O) groups excluding carboxylic acids is 2. The SMILES string of the molecule is COc1ccc(CCNC(=O)[C@@H]2CC(=O)N([C@H](C)c3ccccc3)C2)cc1. The Morgan fingerprint density at radius 2 is 1.89 bits per heavy atom. The van der Waals surface area contributed by atoms with Crippen LogP contribution in [0.3, 0.4) is 0 Å². The van der Waals surface area contributed by atoms with Crippen molar-refractivity contribution in [2.24, 2.45) is 5.92 Å². The summed E-state index contributed by atoms with van der Waals surface area (Å²) in [6.07, 6.45) is 1.03. The highest BCUT2D eigenvalue weighted by atomic mass is 16.5. The highest BCUT2D eigenvalue weighted by Crippen LogP contribution is 2.28. The van der Waals surface area contributed by atoms with Gasteiger partial charge in [-0.15, -0.1) is 0 Å². The zero-order valence-corrected chi connectivity index (χ0v) is 15.9. The van der Waals surface area contributed by atoms with Gasteiger partial charge in [-0.25, -0.2) is 0 Å². The summed E-state index contributed by atoms with van der Waals surface area (Å²) in [5.74, 6) is 0.542. The molecule has 0 aromatic heterocycles. The Morgan fingerprint density at radius 3 is 2.56 bits per heavy atom. The molecule has 5 heteroatoms. The van der Waals surface area contributed by atoms with Crippen LogP contribution in [0.15, 0.2) is 54.6 Å². The zero-order chi connectivity index (χ0) is 19.2. The quantitative estimate of drug-likeness (QED) is 0.820. The molecule has 1 aliphatic heterocycles. The fraction of sp³-hybridized carbons (Fsp3) is 0.364. The van der Waals surface area contributed by atoms with Gasteiger partial charge in [-0.05, 0) is 36.6 Å². The number of methoxy groups -OCH3 is 1. The number of likely N-dealkylation sites (tertiary alicyclic amines) is 1.